The Morgan fingerprint density at radius 3 is 2.87 bits per heavy atom. The predicted molar refractivity (Wildman–Crippen MR) is 88.3 cm³/mol. The lowest BCUT2D eigenvalue weighted by Crippen LogP contribution is -2.47. The number of hydrogen-bond donors (Lipinski definition) is 0. The predicted octanol–water partition coefficient (Wildman–Crippen LogP) is 2.77. The van der Waals surface area contributed by atoms with Crippen molar-refractivity contribution in [3.05, 3.63) is 30.2 Å². The molecule has 2 aromatic heterocycles. The Balaban J connectivity index is 1.57. The molecule has 4 rings (SSSR count). The van der Waals surface area contributed by atoms with Crippen molar-refractivity contribution in [2.75, 3.05) is 26.7 Å². The zero-order valence-corrected chi connectivity index (χ0v) is 13.6. The van der Waals surface area contributed by atoms with E-state index in [9.17, 15) is 4.79 Å². The van der Waals surface area contributed by atoms with Crippen LogP contribution in [0.2, 0.25) is 0 Å². The average molecular weight is 313 g/mol. The van der Waals surface area contributed by atoms with Crippen LogP contribution in [0.4, 0.5) is 0 Å². The van der Waals surface area contributed by atoms with Crippen LogP contribution in [0.3, 0.4) is 0 Å². The summed E-state index contributed by atoms with van der Waals surface area (Å²) < 4.78 is 5.40. The number of pyridine rings is 1. The Bertz CT molecular complexity index is 699. The molecule has 23 heavy (non-hydrogen) atoms. The number of piperidine rings is 1. The fraction of sp³-hybridized carbons (Fsp3) is 0.556. The summed E-state index contributed by atoms with van der Waals surface area (Å²) in [6.07, 6.45) is 7.94. The van der Waals surface area contributed by atoms with Gasteiger partial charge in [0.1, 0.15) is 5.52 Å². The molecule has 2 fully saturated rings. The van der Waals surface area contributed by atoms with Crippen molar-refractivity contribution < 1.29 is 9.21 Å². The van der Waals surface area contributed by atoms with Crippen LogP contribution in [0.15, 0.2) is 29.0 Å². The van der Waals surface area contributed by atoms with Gasteiger partial charge in [-0.3, -0.25) is 9.78 Å². The number of carbonyl (C=O) groups is 1. The maximum atomic E-state index is 13.1. The van der Waals surface area contributed by atoms with Crippen LogP contribution in [0, 0.1) is 5.92 Å². The summed E-state index contributed by atoms with van der Waals surface area (Å²) in [6.45, 7) is 3.02. The molecule has 5 nitrogen and oxygen atoms in total. The van der Waals surface area contributed by atoms with Gasteiger partial charge in [0, 0.05) is 24.8 Å². The molecule has 0 N–H and O–H groups in total. The van der Waals surface area contributed by atoms with E-state index in [2.05, 4.69) is 21.8 Å². The minimum Gasteiger partial charge on any atom is -0.463 e. The first-order valence-electron chi connectivity index (χ1n) is 8.53. The molecule has 1 saturated heterocycles. The lowest BCUT2D eigenvalue weighted by Gasteiger charge is -2.37. The number of furan rings is 1. The van der Waals surface area contributed by atoms with Crippen molar-refractivity contribution in [3.8, 4) is 0 Å². The molecule has 0 spiro atoms. The quantitative estimate of drug-likeness (QED) is 0.871. The van der Waals surface area contributed by atoms with Crippen molar-refractivity contribution in [3.63, 3.8) is 0 Å². The first-order valence-corrected chi connectivity index (χ1v) is 8.53. The van der Waals surface area contributed by atoms with E-state index in [1.807, 2.05) is 12.1 Å². The van der Waals surface area contributed by atoms with Crippen LogP contribution in [-0.4, -0.2) is 53.4 Å². The van der Waals surface area contributed by atoms with E-state index in [-0.39, 0.29) is 5.91 Å². The fourth-order valence-corrected chi connectivity index (χ4v) is 3.41. The second-order valence-electron chi connectivity index (χ2n) is 6.96. The summed E-state index contributed by atoms with van der Waals surface area (Å²) in [5.74, 6) is 0.802. The molecule has 3 heterocycles. The zero-order chi connectivity index (χ0) is 15.8. The lowest BCUT2D eigenvalue weighted by molar-refractivity contribution is 0.0578. The third-order valence-corrected chi connectivity index (χ3v) is 5.09. The van der Waals surface area contributed by atoms with Gasteiger partial charge < -0.3 is 14.2 Å². The van der Waals surface area contributed by atoms with Gasteiger partial charge in [0.25, 0.3) is 5.91 Å². The topological polar surface area (TPSA) is 49.6 Å². The minimum absolute atomic E-state index is 0.109. The molecule has 0 radical (unpaired) electrons. The van der Waals surface area contributed by atoms with Crippen LogP contribution in [-0.2, 0) is 0 Å². The van der Waals surface area contributed by atoms with E-state index in [0.29, 0.717) is 23.1 Å². The van der Waals surface area contributed by atoms with Crippen molar-refractivity contribution in [2.45, 2.75) is 31.7 Å². The van der Waals surface area contributed by atoms with Gasteiger partial charge in [-0.1, -0.05) is 0 Å². The molecular weight excluding hydrogens is 290 g/mol. The Morgan fingerprint density at radius 2 is 2.13 bits per heavy atom. The molecule has 1 aliphatic carbocycles. The van der Waals surface area contributed by atoms with E-state index >= 15 is 0 Å². The highest BCUT2D eigenvalue weighted by molar-refractivity contribution is 5.96. The Labute approximate surface area is 136 Å². The highest BCUT2D eigenvalue weighted by Crippen LogP contribution is 2.32. The fourth-order valence-electron chi connectivity index (χ4n) is 3.41. The number of nitrogens with zero attached hydrogens (tertiary/aromatic N) is 3. The van der Waals surface area contributed by atoms with Crippen molar-refractivity contribution in [2.24, 2.45) is 5.92 Å². The summed E-state index contributed by atoms with van der Waals surface area (Å²) in [7, 11) is 2.15. The maximum absolute atomic E-state index is 13.1. The molecule has 0 bridgehead atoms. The zero-order valence-electron chi connectivity index (χ0n) is 13.6. The second-order valence-corrected chi connectivity index (χ2v) is 6.96. The third kappa shape index (κ3) is 3.11. The van der Waals surface area contributed by atoms with Crippen molar-refractivity contribution >= 4 is 17.0 Å². The van der Waals surface area contributed by atoms with Crippen LogP contribution in [0.1, 0.15) is 36.0 Å². The second kappa shape index (κ2) is 5.96. The Hall–Kier alpha value is -1.88. The highest BCUT2D eigenvalue weighted by Gasteiger charge is 2.33. The summed E-state index contributed by atoms with van der Waals surface area (Å²) in [4.78, 5) is 21.9. The van der Waals surface area contributed by atoms with E-state index in [0.717, 1.165) is 38.0 Å². The molecule has 122 valence electrons. The van der Waals surface area contributed by atoms with Gasteiger partial charge in [-0.15, -0.1) is 0 Å². The monoisotopic (exact) mass is 313 g/mol. The van der Waals surface area contributed by atoms with Crippen LogP contribution >= 0.6 is 0 Å². The SMILES string of the molecule is CN1CCC(N(CC2CC2)C(=O)c2cnc3ccoc3c2)CC1. The third-order valence-electron chi connectivity index (χ3n) is 5.09. The van der Waals surface area contributed by atoms with Gasteiger partial charge in [-0.2, -0.15) is 0 Å². The largest absolute Gasteiger partial charge is 0.463 e. The van der Waals surface area contributed by atoms with Gasteiger partial charge in [0.15, 0.2) is 5.58 Å². The number of fused-ring (bicyclic) bond motifs is 1. The maximum Gasteiger partial charge on any atom is 0.255 e. The number of hydrogen-bond acceptors (Lipinski definition) is 4. The number of rotatable bonds is 4. The number of carbonyl (C=O) groups excluding carboxylic acids is 1. The van der Waals surface area contributed by atoms with Crippen molar-refractivity contribution in [1.29, 1.82) is 0 Å². The molecule has 5 heteroatoms. The lowest BCUT2D eigenvalue weighted by atomic mass is 10.0. The Morgan fingerprint density at radius 1 is 1.35 bits per heavy atom. The van der Waals surface area contributed by atoms with Crippen LogP contribution in [0.25, 0.3) is 11.1 Å². The van der Waals surface area contributed by atoms with Gasteiger partial charge in [0.05, 0.1) is 11.8 Å². The molecule has 2 aromatic rings. The van der Waals surface area contributed by atoms with Gasteiger partial charge in [-0.05, 0) is 57.8 Å². The summed E-state index contributed by atoms with van der Waals surface area (Å²) in [5.41, 5.74) is 2.13. The molecular formula is C18H23N3O2. The van der Waals surface area contributed by atoms with E-state index in [4.69, 9.17) is 4.42 Å². The molecule has 1 aliphatic heterocycles. The van der Waals surface area contributed by atoms with Gasteiger partial charge in [0.2, 0.25) is 0 Å². The molecule has 0 atom stereocenters. The van der Waals surface area contributed by atoms with Crippen molar-refractivity contribution in [1.82, 2.24) is 14.8 Å². The van der Waals surface area contributed by atoms with E-state index < -0.39 is 0 Å². The smallest absolute Gasteiger partial charge is 0.255 e. The standard InChI is InChI=1S/C18H23N3O2/c1-20-7-4-15(5-8-20)21(12-13-2-3-13)18(22)14-10-17-16(19-11-14)6-9-23-17/h6,9-11,13,15H,2-5,7-8,12H2,1H3. The summed E-state index contributed by atoms with van der Waals surface area (Å²) in [5, 5.41) is 0. The average Bonchev–Trinajstić information content (AvgIpc) is 3.27. The van der Waals surface area contributed by atoms with Crippen LogP contribution in [0.5, 0.6) is 0 Å². The normalized spacial score (nSPS) is 20.0. The molecule has 1 saturated carbocycles. The van der Waals surface area contributed by atoms with E-state index in [1.165, 1.54) is 12.8 Å². The Kier molecular flexibility index (Phi) is 3.81. The van der Waals surface area contributed by atoms with E-state index in [1.54, 1.807) is 12.5 Å². The highest BCUT2D eigenvalue weighted by atomic mass is 16.3. The molecule has 0 unspecified atom stereocenters. The molecule has 0 aromatic carbocycles. The number of amides is 1. The van der Waals surface area contributed by atoms with Gasteiger partial charge in [-0.25, -0.2) is 0 Å². The van der Waals surface area contributed by atoms with Crippen LogP contribution < -0.4 is 0 Å². The number of likely N-dealkylation sites (tertiary alicyclic amines) is 1. The number of aromatic nitrogens is 1. The molecule has 1 amide bonds. The first kappa shape index (κ1) is 14.7. The molecule has 2 aliphatic rings. The summed E-state index contributed by atoms with van der Waals surface area (Å²) >= 11 is 0. The minimum atomic E-state index is 0.109. The van der Waals surface area contributed by atoms with Gasteiger partial charge >= 0.3 is 0 Å². The summed E-state index contributed by atoms with van der Waals surface area (Å²) in [6, 6.07) is 4.01. The first-order chi connectivity index (χ1) is 11.2.